The molecule has 0 aliphatic carbocycles. The van der Waals surface area contributed by atoms with Crippen LogP contribution < -0.4 is 9.47 Å². The summed E-state index contributed by atoms with van der Waals surface area (Å²) in [5, 5.41) is 0. The Balaban J connectivity index is -0.000000242. The van der Waals surface area contributed by atoms with Gasteiger partial charge in [-0.25, -0.2) is 0 Å². The van der Waals surface area contributed by atoms with Crippen molar-refractivity contribution in [2.24, 2.45) is 4.30 Å². The van der Waals surface area contributed by atoms with Crippen molar-refractivity contribution in [3.63, 3.8) is 0 Å². The van der Waals surface area contributed by atoms with E-state index in [1.165, 1.54) is 24.3 Å². The van der Waals surface area contributed by atoms with Crippen LogP contribution in [0.4, 0.5) is 26.3 Å². The van der Waals surface area contributed by atoms with Crippen LogP contribution in [0, 0.1) is 4.35 Å². The number of nitrogens with zero attached hydrogens (tertiary/aromatic N) is 1. The number of hydrogen-bond acceptors (Lipinski definition) is 9. The number of rotatable bonds is 7. The third-order valence-electron chi connectivity index (χ3n) is 3.59. The molecule has 0 aliphatic heterocycles. The molecule has 4 radical (unpaired) electrons. The van der Waals surface area contributed by atoms with E-state index in [9.17, 15) is 26.3 Å². The van der Waals surface area contributed by atoms with Gasteiger partial charge in [0, 0.05) is 4.83 Å². The first kappa shape index (κ1) is 45.5. The molecule has 220 valence electrons. The number of carbonyl (C=O) groups excluding carboxylic acids is 4. The fraction of sp³-hybridized carbons (Fsp3) is 0.364. The van der Waals surface area contributed by atoms with Crippen LogP contribution in [0.3, 0.4) is 0 Å². The van der Waals surface area contributed by atoms with E-state index >= 15 is 0 Å². The van der Waals surface area contributed by atoms with Gasteiger partial charge in [-0.05, 0) is 48.2 Å². The Morgan fingerprint density at radius 1 is 0.878 bits per heavy atom. The third kappa shape index (κ3) is 33.6. The number of benzene rings is 2. The quantitative estimate of drug-likeness (QED) is 0.148. The predicted molar refractivity (Wildman–Crippen MR) is 142 cm³/mol. The van der Waals surface area contributed by atoms with Crippen molar-refractivity contribution in [3.05, 3.63) is 59.7 Å². The Morgan fingerprint density at radius 3 is 1.44 bits per heavy atom. The molecule has 1 unspecified atom stereocenters. The Hall–Kier alpha value is -2.53. The Kier molecular flexibility index (Phi) is 32.1. The molecule has 2 rings (SSSR count). The average molecular weight is 685 g/mol. The van der Waals surface area contributed by atoms with Crippen molar-refractivity contribution in [2.45, 2.75) is 50.7 Å². The number of aryl methyl sites for hydroxylation is 1. The summed E-state index contributed by atoms with van der Waals surface area (Å²) in [7, 11) is 9.14. The van der Waals surface area contributed by atoms with E-state index in [0.717, 1.165) is 42.2 Å². The molecule has 2 aromatic rings. The van der Waals surface area contributed by atoms with E-state index in [1.54, 1.807) is 40.4 Å². The predicted octanol–water partition coefficient (Wildman–Crippen LogP) is 6.79. The van der Waals surface area contributed by atoms with Crippen molar-refractivity contribution in [1.82, 2.24) is 0 Å². The number of ether oxygens (including phenoxy) is 2. The fourth-order valence-corrected chi connectivity index (χ4v) is 2.57. The number of nitrogens with one attached hydrogen (secondary N) is 1. The van der Waals surface area contributed by atoms with Gasteiger partial charge in [0.1, 0.15) is 11.5 Å². The summed E-state index contributed by atoms with van der Waals surface area (Å²) in [4.78, 5) is 32.7. The summed E-state index contributed by atoms with van der Waals surface area (Å²) in [6.45, 7) is 4.00. The second-order valence-corrected chi connectivity index (χ2v) is 7.84. The maximum absolute atomic E-state index is 11.8. The summed E-state index contributed by atoms with van der Waals surface area (Å²) < 4.78 is 86.9. The molecular formula is C22H22AlB2BrF6N2O6S. The molecule has 2 aromatic carbocycles. The molecule has 0 heterocycles. The summed E-state index contributed by atoms with van der Waals surface area (Å²) in [6.07, 6.45) is -6.02. The second-order valence-electron chi connectivity index (χ2n) is 6.31. The van der Waals surface area contributed by atoms with Gasteiger partial charge < -0.3 is 9.47 Å². The summed E-state index contributed by atoms with van der Waals surface area (Å²) in [5.74, 6) is -0.362. The topological polar surface area (TPSA) is 123 Å². The zero-order valence-electron chi connectivity index (χ0n) is 21.5. The van der Waals surface area contributed by atoms with Crippen molar-refractivity contribution >= 4 is 70.9 Å². The van der Waals surface area contributed by atoms with Crippen LogP contribution in [0.2, 0.25) is 0 Å². The molecule has 0 bridgehead atoms. The third-order valence-corrected chi connectivity index (χ3v) is 4.89. The molecule has 0 spiro atoms. The molecule has 1 N–H and O–H groups in total. The Bertz CT molecular complexity index is 986. The van der Waals surface area contributed by atoms with Gasteiger partial charge >= 0.3 is 76.3 Å². The van der Waals surface area contributed by atoms with Crippen molar-refractivity contribution < 1.29 is 55.0 Å². The first-order chi connectivity index (χ1) is 19.2. The fourth-order valence-electron chi connectivity index (χ4n) is 2.26. The van der Waals surface area contributed by atoms with Crippen molar-refractivity contribution in [1.29, 1.82) is 4.35 Å². The van der Waals surface area contributed by atoms with Gasteiger partial charge in [-0.15, -0.1) is 26.3 Å². The molecule has 0 amide bonds. The number of halogens is 7. The standard InChI is InChI=1S/C10H10BrF3O.C10H11F3O.2CO2.Al.B2NS.HN/c1-2-9(11)7-3-5-8(6-4-7)15-10(12,13)14;1-2-3-8-4-6-9(7-5-8)14-10(11,12)13;2*2-1-3;;1-3-4-2;/h3-6,9H,2H2,1H3;4-7H,2-3H2,1H3;;;;;1H. The summed E-state index contributed by atoms with van der Waals surface area (Å²) >= 11 is 5.83. The normalized spacial score (nSPS) is 9.93. The van der Waals surface area contributed by atoms with Crippen LogP contribution in [0.1, 0.15) is 42.6 Å². The van der Waals surface area contributed by atoms with Gasteiger partial charge in [-0.1, -0.05) is 60.5 Å². The minimum atomic E-state index is -4.62. The Labute approximate surface area is 255 Å². The second kappa shape index (κ2) is 29.0. The molecule has 0 aromatic heterocycles. The molecule has 1 atom stereocenters. The molecule has 0 fully saturated rings. The average Bonchev–Trinajstić information content (AvgIpc) is 2.91. The van der Waals surface area contributed by atoms with Gasteiger partial charge in [0.25, 0.3) is 0 Å². The van der Waals surface area contributed by atoms with Crippen LogP contribution in [-0.4, -0.2) is 55.9 Å². The van der Waals surface area contributed by atoms with E-state index in [2.05, 4.69) is 44.5 Å². The molecule has 0 saturated carbocycles. The van der Waals surface area contributed by atoms with E-state index in [1.807, 2.05) is 13.8 Å². The molecule has 41 heavy (non-hydrogen) atoms. The first-order valence-electron chi connectivity index (χ1n) is 10.6. The monoisotopic (exact) mass is 684 g/mol. The summed E-state index contributed by atoms with van der Waals surface area (Å²) in [6, 6.07) is 11.8. The summed E-state index contributed by atoms with van der Waals surface area (Å²) in [5.41, 5.74) is 1.95. The van der Waals surface area contributed by atoms with Crippen LogP contribution in [-0.2, 0) is 25.6 Å². The van der Waals surface area contributed by atoms with Crippen LogP contribution in [0.25, 0.3) is 0 Å². The van der Waals surface area contributed by atoms with Gasteiger partial charge in [0.2, 0.25) is 0 Å². The molecule has 0 aliphatic rings. The number of alkyl halides is 7. The van der Waals surface area contributed by atoms with Gasteiger partial charge in [-0.3, -0.25) is 0 Å². The van der Waals surface area contributed by atoms with Gasteiger partial charge in [0.15, 0.2) is 0 Å². The minimum absolute atomic E-state index is 0.164. The van der Waals surface area contributed by atoms with E-state index < -0.39 is 12.7 Å². The van der Waals surface area contributed by atoms with Crippen LogP contribution >= 0.6 is 27.7 Å². The molecule has 19 heteroatoms. The van der Waals surface area contributed by atoms with Crippen molar-refractivity contribution in [2.75, 3.05) is 0 Å². The zero-order chi connectivity index (χ0) is 32.9. The van der Waals surface area contributed by atoms with Crippen LogP contribution in [0.5, 0.6) is 11.5 Å². The van der Waals surface area contributed by atoms with Gasteiger partial charge in [-0.2, -0.15) is 19.2 Å². The van der Waals surface area contributed by atoms with Crippen molar-refractivity contribution in [3.8, 4) is 11.5 Å². The SMILES string of the molecule is CCC(Br)c1ccc(OC(F)(F)F)cc1.CCCc1ccc(OC(F)(F)F)cc1.O=C=O.O=C=O.[B]SN=[B].[NH]=[Al]. The first-order valence-corrected chi connectivity index (χ1v) is 12.9. The van der Waals surface area contributed by atoms with E-state index in [4.69, 9.17) is 23.5 Å². The van der Waals surface area contributed by atoms with Crippen LogP contribution in [0.15, 0.2) is 52.8 Å². The molecule has 8 nitrogen and oxygen atoms in total. The Morgan fingerprint density at radius 2 is 1.20 bits per heavy atom. The maximum atomic E-state index is 11.8. The van der Waals surface area contributed by atoms with E-state index in [0.29, 0.717) is 0 Å². The van der Waals surface area contributed by atoms with E-state index in [-0.39, 0.29) is 28.6 Å². The zero-order valence-corrected chi connectivity index (χ0v) is 25.1. The number of hydrogen-bond donors (Lipinski definition) is 1. The van der Waals surface area contributed by atoms with Gasteiger partial charge in [0.05, 0.1) is 0 Å². The molecule has 0 saturated heterocycles. The molecular weight excluding hydrogens is 663 g/mol.